The Balaban J connectivity index is 2.30. The van der Waals surface area contributed by atoms with Gasteiger partial charge in [0.1, 0.15) is 12.3 Å². The Morgan fingerprint density at radius 2 is 1.94 bits per heavy atom. The first-order valence-electron chi connectivity index (χ1n) is 9.65. The molecular formula is C21H27N3O6S. The van der Waals surface area contributed by atoms with Crippen molar-refractivity contribution >= 4 is 27.3 Å². The van der Waals surface area contributed by atoms with Crippen LogP contribution in [-0.2, 0) is 14.8 Å². The number of nitro groups is 1. The van der Waals surface area contributed by atoms with Crippen LogP contribution in [0.4, 0.5) is 11.4 Å². The summed E-state index contributed by atoms with van der Waals surface area (Å²) in [5, 5.41) is 14.1. The molecular weight excluding hydrogens is 422 g/mol. The summed E-state index contributed by atoms with van der Waals surface area (Å²) < 4.78 is 31.0. The number of carbonyl (C=O) groups excluding carboxylic acids is 1. The van der Waals surface area contributed by atoms with E-state index >= 15 is 0 Å². The summed E-state index contributed by atoms with van der Waals surface area (Å²) in [5.74, 6) is 0.214. The highest BCUT2D eigenvalue weighted by atomic mass is 32.2. The predicted molar refractivity (Wildman–Crippen MR) is 119 cm³/mol. The van der Waals surface area contributed by atoms with Crippen molar-refractivity contribution in [1.82, 2.24) is 5.32 Å². The maximum atomic E-state index is 12.8. The number of nitro benzene ring substituents is 1. The smallest absolute Gasteiger partial charge is 0.274 e. The van der Waals surface area contributed by atoms with Gasteiger partial charge in [-0.05, 0) is 43.5 Å². The second-order valence-corrected chi connectivity index (χ2v) is 9.11. The largest absolute Gasteiger partial charge is 0.496 e. The highest BCUT2D eigenvalue weighted by Crippen LogP contribution is 2.30. The SMILES string of the molecule is CC[C@@H](NC(=O)CN(c1cccc([N+](=O)[O-])c1C)S(C)(=O)=O)c1ccc(OC)c(C)c1. The zero-order chi connectivity index (χ0) is 23.3. The van der Waals surface area contributed by atoms with Gasteiger partial charge in [0.2, 0.25) is 15.9 Å². The molecule has 1 atom stereocenters. The number of sulfonamides is 1. The number of rotatable bonds is 9. The third-order valence-electron chi connectivity index (χ3n) is 4.99. The zero-order valence-electron chi connectivity index (χ0n) is 18.2. The van der Waals surface area contributed by atoms with E-state index in [4.69, 9.17) is 4.74 Å². The first kappa shape index (κ1) is 24.1. The molecule has 2 aromatic carbocycles. The molecule has 0 aliphatic rings. The van der Waals surface area contributed by atoms with E-state index < -0.39 is 27.4 Å². The van der Waals surface area contributed by atoms with Crippen molar-refractivity contribution in [2.45, 2.75) is 33.2 Å². The Hall–Kier alpha value is -3.14. The van der Waals surface area contributed by atoms with Gasteiger partial charge in [-0.1, -0.05) is 25.1 Å². The van der Waals surface area contributed by atoms with Crippen molar-refractivity contribution < 1.29 is 22.9 Å². The van der Waals surface area contributed by atoms with Gasteiger partial charge in [-0.3, -0.25) is 19.2 Å². The van der Waals surface area contributed by atoms with Crippen LogP contribution in [0.25, 0.3) is 0 Å². The van der Waals surface area contributed by atoms with Crippen LogP contribution in [0.2, 0.25) is 0 Å². The van der Waals surface area contributed by atoms with Gasteiger partial charge in [-0.2, -0.15) is 0 Å². The van der Waals surface area contributed by atoms with Gasteiger partial charge in [0, 0.05) is 6.07 Å². The fourth-order valence-electron chi connectivity index (χ4n) is 3.37. The number of ether oxygens (including phenoxy) is 1. The molecule has 0 aromatic heterocycles. The topological polar surface area (TPSA) is 119 Å². The van der Waals surface area contributed by atoms with E-state index in [0.29, 0.717) is 6.42 Å². The average Bonchev–Trinajstić information content (AvgIpc) is 2.69. The number of nitrogens with one attached hydrogen (secondary N) is 1. The molecule has 10 heteroatoms. The molecule has 31 heavy (non-hydrogen) atoms. The average molecular weight is 450 g/mol. The molecule has 1 amide bonds. The number of aryl methyl sites for hydroxylation is 1. The lowest BCUT2D eigenvalue weighted by Crippen LogP contribution is -2.41. The molecule has 0 aliphatic heterocycles. The number of amides is 1. The molecule has 0 aliphatic carbocycles. The summed E-state index contributed by atoms with van der Waals surface area (Å²) in [5.41, 5.74) is 1.83. The number of carbonyl (C=O) groups is 1. The Morgan fingerprint density at radius 1 is 1.26 bits per heavy atom. The molecule has 0 unspecified atom stereocenters. The van der Waals surface area contributed by atoms with E-state index in [2.05, 4.69) is 5.32 Å². The standard InChI is InChI=1S/C21H27N3O6S/c1-6-17(16-10-11-20(30-4)14(2)12-16)22-21(25)13-23(31(5,28)29)18-8-7-9-19(15(18)3)24(26)27/h7-12,17H,6,13H2,1-5H3,(H,22,25)/t17-/m1/s1. The first-order valence-corrected chi connectivity index (χ1v) is 11.5. The van der Waals surface area contributed by atoms with E-state index in [0.717, 1.165) is 27.4 Å². The molecule has 2 rings (SSSR count). The van der Waals surface area contributed by atoms with Crippen LogP contribution in [0.5, 0.6) is 5.75 Å². The van der Waals surface area contributed by atoms with Gasteiger partial charge in [0.15, 0.2) is 0 Å². The van der Waals surface area contributed by atoms with E-state index in [1.165, 1.54) is 25.1 Å². The van der Waals surface area contributed by atoms with Crippen LogP contribution in [0.3, 0.4) is 0 Å². The fourth-order valence-corrected chi connectivity index (χ4v) is 4.28. The lowest BCUT2D eigenvalue weighted by Gasteiger charge is -2.25. The summed E-state index contributed by atoms with van der Waals surface area (Å²) in [4.78, 5) is 23.4. The van der Waals surface area contributed by atoms with Crippen LogP contribution in [0.1, 0.15) is 36.1 Å². The normalized spacial score (nSPS) is 12.2. The fraction of sp³-hybridized carbons (Fsp3) is 0.381. The highest BCUT2D eigenvalue weighted by molar-refractivity contribution is 7.92. The van der Waals surface area contributed by atoms with Crippen molar-refractivity contribution in [3.05, 3.63) is 63.2 Å². The maximum Gasteiger partial charge on any atom is 0.274 e. The zero-order valence-corrected chi connectivity index (χ0v) is 19.0. The number of nitrogens with zero attached hydrogens (tertiary/aromatic N) is 2. The van der Waals surface area contributed by atoms with E-state index in [9.17, 15) is 23.3 Å². The molecule has 0 radical (unpaired) electrons. The summed E-state index contributed by atoms with van der Waals surface area (Å²) in [7, 11) is -2.29. The maximum absolute atomic E-state index is 12.8. The lowest BCUT2D eigenvalue weighted by atomic mass is 10.0. The van der Waals surface area contributed by atoms with E-state index in [-0.39, 0.29) is 23.0 Å². The van der Waals surface area contributed by atoms with Gasteiger partial charge in [0.05, 0.1) is 35.6 Å². The van der Waals surface area contributed by atoms with Crippen LogP contribution in [0, 0.1) is 24.0 Å². The van der Waals surface area contributed by atoms with Gasteiger partial charge < -0.3 is 10.1 Å². The number of methoxy groups -OCH3 is 1. The number of hydrogen-bond donors (Lipinski definition) is 1. The minimum atomic E-state index is -3.87. The molecule has 2 aromatic rings. The van der Waals surface area contributed by atoms with Crippen LogP contribution < -0.4 is 14.4 Å². The van der Waals surface area contributed by atoms with E-state index in [1.54, 1.807) is 7.11 Å². The molecule has 9 nitrogen and oxygen atoms in total. The second kappa shape index (κ2) is 9.78. The first-order chi connectivity index (χ1) is 14.5. The molecule has 0 spiro atoms. The molecule has 168 valence electrons. The minimum absolute atomic E-state index is 0.0974. The van der Waals surface area contributed by atoms with Crippen molar-refractivity contribution in [2.75, 3.05) is 24.2 Å². The van der Waals surface area contributed by atoms with E-state index in [1.807, 2.05) is 32.0 Å². The van der Waals surface area contributed by atoms with Crippen LogP contribution >= 0.6 is 0 Å². The summed E-state index contributed by atoms with van der Waals surface area (Å²) in [6, 6.07) is 9.37. The monoisotopic (exact) mass is 449 g/mol. The Labute approximate surface area is 182 Å². The summed E-state index contributed by atoms with van der Waals surface area (Å²) >= 11 is 0. The summed E-state index contributed by atoms with van der Waals surface area (Å²) in [6.45, 7) is 4.77. The van der Waals surface area contributed by atoms with Crippen LogP contribution in [-0.4, -0.2) is 39.2 Å². The van der Waals surface area contributed by atoms with Gasteiger partial charge >= 0.3 is 0 Å². The molecule has 1 N–H and O–H groups in total. The Kier molecular flexibility index (Phi) is 7.61. The van der Waals surface area contributed by atoms with Gasteiger partial charge in [-0.15, -0.1) is 0 Å². The third-order valence-corrected chi connectivity index (χ3v) is 6.12. The number of benzene rings is 2. The van der Waals surface area contributed by atoms with Crippen molar-refractivity contribution in [1.29, 1.82) is 0 Å². The minimum Gasteiger partial charge on any atom is -0.496 e. The van der Waals surface area contributed by atoms with Crippen molar-refractivity contribution in [2.24, 2.45) is 0 Å². The Morgan fingerprint density at radius 3 is 2.45 bits per heavy atom. The van der Waals surface area contributed by atoms with Gasteiger partial charge in [0.25, 0.3) is 5.69 Å². The number of anilines is 1. The molecule has 0 saturated carbocycles. The quantitative estimate of drug-likeness (QED) is 0.464. The van der Waals surface area contributed by atoms with Gasteiger partial charge in [-0.25, -0.2) is 8.42 Å². The highest BCUT2D eigenvalue weighted by Gasteiger charge is 2.26. The Bertz CT molecular complexity index is 1080. The van der Waals surface area contributed by atoms with Crippen LogP contribution in [0.15, 0.2) is 36.4 Å². The predicted octanol–water partition coefficient (Wildman–Crippen LogP) is 3.25. The molecule has 0 fully saturated rings. The van der Waals surface area contributed by atoms with Crippen molar-refractivity contribution in [3.63, 3.8) is 0 Å². The number of hydrogen-bond acceptors (Lipinski definition) is 6. The molecule has 0 saturated heterocycles. The lowest BCUT2D eigenvalue weighted by molar-refractivity contribution is -0.385. The second-order valence-electron chi connectivity index (χ2n) is 7.21. The molecule has 0 heterocycles. The summed E-state index contributed by atoms with van der Waals surface area (Å²) in [6.07, 6.45) is 1.55. The third kappa shape index (κ3) is 5.72. The van der Waals surface area contributed by atoms with Crippen molar-refractivity contribution in [3.8, 4) is 5.75 Å². The molecule has 0 bridgehead atoms.